The fourth-order valence-corrected chi connectivity index (χ4v) is 6.99. The molecule has 1 aliphatic carbocycles. The van der Waals surface area contributed by atoms with E-state index in [0.717, 1.165) is 41.1 Å². The molecule has 3 aromatic carbocycles. The number of carbonyl (C=O) groups is 2. The van der Waals surface area contributed by atoms with Crippen molar-refractivity contribution in [2.24, 2.45) is 0 Å². The molecule has 2 amide bonds. The number of sulfonamides is 1. The summed E-state index contributed by atoms with van der Waals surface area (Å²) in [7, 11) is -4.14. The van der Waals surface area contributed by atoms with E-state index in [2.05, 4.69) is 5.32 Å². The van der Waals surface area contributed by atoms with E-state index in [1.54, 1.807) is 61.5 Å². The third kappa shape index (κ3) is 7.46. The van der Waals surface area contributed by atoms with Gasteiger partial charge in [-0.3, -0.25) is 13.9 Å². The van der Waals surface area contributed by atoms with Crippen molar-refractivity contribution in [2.75, 3.05) is 10.8 Å². The van der Waals surface area contributed by atoms with Gasteiger partial charge in [0.05, 0.1) is 20.6 Å². The van der Waals surface area contributed by atoms with Gasteiger partial charge < -0.3 is 10.2 Å². The maximum Gasteiger partial charge on any atom is 0.264 e. The smallest absolute Gasteiger partial charge is 0.264 e. The lowest BCUT2D eigenvalue weighted by Gasteiger charge is -2.33. The highest BCUT2D eigenvalue weighted by Gasteiger charge is 2.34. The number of hydrogen-bond acceptors (Lipinski definition) is 4. The van der Waals surface area contributed by atoms with E-state index in [0.29, 0.717) is 27.7 Å². The predicted octanol–water partition coefficient (Wildman–Crippen LogP) is 6.54. The molecule has 7 nitrogen and oxygen atoms in total. The van der Waals surface area contributed by atoms with Crippen LogP contribution in [0.3, 0.4) is 0 Å². The Kier molecular flexibility index (Phi) is 10.6. The Balaban J connectivity index is 1.72. The third-order valence-corrected chi connectivity index (χ3v) is 10.2. The van der Waals surface area contributed by atoms with Gasteiger partial charge in [-0.15, -0.1) is 0 Å². The topological polar surface area (TPSA) is 86.8 Å². The van der Waals surface area contributed by atoms with Crippen molar-refractivity contribution < 1.29 is 18.0 Å². The van der Waals surface area contributed by atoms with Crippen LogP contribution in [0.5, 0.6) is 0 Å². The molecule has 1 N–H and O–H groups in total. The Bertz CT molecular complexity index is 1520. The number of hydrogen-bond donors (Lipinski definition) is 1. The molecule has 1 atom stereocenters. The van der Waals surface area contributed by atoms with Gasteiger partial charge in [0.25, 0.3) is 10.0 Å². The van der Waals surface area contributed by atoms with E-state index in [1.165, 1.54) is 4.90 Å². The number of rotatable bonds is 11. The largest absolute Gasteiger partial charge is 0.352 e. The molecule has 0 saturated heterocycles. The van der Waals surface area contributed by atoms with Gasteiger partial charge in [0.1, 0.15) is 12.6 Å². The molecule has 0 aromatic heterocycles. The molecule has 0 bridgehead atoms. The van der Waals surface area contributed by atoms with Crippen LogP contribution in [0.1, 0.15) is 56.2 Å². The Labute approximate surface area is 258 Å². The average molecular weight is 631 g/mol. The van der Waals surface area contributed by atoms with Gasteiger partial charge in [0.15, 0.2) is 0 Å². The lowest BCUT2D eigenvalue weighted by atomic mass is 10.1. The van der Waals surface area contributed by atoms with Crippen molar-refractivity contribution in [3.63, 3.8) is 0 Å². The molecule has 10 heteroatoms. The Morgan fingerprint density at radius 1 is 0.976 bits per heavy atom. The molecule has 42 heavy (non-hydrogen) atoms. The van der Waals surface area contributed by atoms with E-state index in [1.807, 2.05) is 26.0 Å². The second-order valence-corrected chi connectivity index (χ2v) is 13.4. The van der Waals surface area contributed by atoms with Crippen LogP contribution in [0.4, 0.5) is 5.69 Å². The zero-order valence-electron chi connectivity index (χ0n) is 24.1. The minimum Gasteiger partial charge on any atom is -0.352 e. The molecule has 3 aromatic rings. The molecule has 1 fully saturated rings. The summed E-state index contributed by atoms with van der Waals surface area (Å²) in [6, 6.07) is 17.9. The highest BCUT2D eigenvalue weighted by Crippen LogP contribution is 2.29. The normalized spacial score (nSPS) is 14.4. The molecule has 0 spiro atoms. The van der Waals surface area contributed by atoms with Crippen molar-refractivity contribution in [3.8, 4) is 0 Å². The summed E-state index contributed by atoms with van der Waals surface area (Å²) >= 11 is 12.4. The van der Waals surface area contributed by atoms with Crippen molar-refractivity contribution >= 4 is 50.7 Å². The van der Waals surface area contributed by atoms with Crippen LogP contribution in [0, 0.1) is 6.92 Å². The molecule has 224 valence electrons. The summed E-state index contributed by atoms with van der Waals surface area (Å²) in [6.07, 6.45) is 4.46. The number of carbonyl (C=O) groups excluding carboxylic acids is 2. The van der Waals surface area contributed by atoms with Crippen molar-refractivity contribution in [3.05, 3.63) is 93.5 Å². The maximum atomic E-state index is 14.2. The van der Waals surface area contributed by atoms with E-state index in [4.69, 9.17) is 23.2 Å². The molecule has 0 aliphatic heterocycles. The molecular formula is C32H37Cl2N3O4S. The van der Waals surface area contributed by atoms with Crippen molar-refractivity contribution in [2.45, 2.75) is 76.4 Å². The third-order valence-electron chi connectivity index (χ3n) is 7.73. The second kappa shape index (κ2) is 13.9. The zero-order valence-corrected chi connectivity index (χ0v) is 26.5. The quantitative estimate of drug-likeness (QED) is 0.261. The number of nitrogens with zero attached hydrogens (tertiary/aromatic N) is 2. The first-order valence-electron chi connectivity index (χ1n) is 14.2. The summed E-state index contributed by atoms with van der Waals surface area (Å²) in [6.45, 7) is 5.03. The first kappa shape index (κ1) is 31.9. The minimum atomic E-state index is -4.14. The number of anilines is 1. The Hall–Kier alpha value is -3.07. The van der Waals surface area contributed by atoms with Gasteiger partial charge in [0.2, 0.25) is 11.8 Å². The number of nitrogens with one attached hydrogen (secondary N) is 1. The molecular weight excluding hydrogens is 593 g/mol. The average Bonchev–Trinajstić information content (AvgIpc) is 3.49. The van der Waals surface area contributed by atoms with E-state index >= 15 is 0 Å². The first-order valence-corrected chi connectivity index (χ1v) is 16.4. The Morgan fingerprint density at radius 2 is 1.64 bits per heavy atom. The van der Waals surface area contributed by atoms with Gasteiger partial charge in [0, 0.05) is 12.6 Å². The number of amides is 2. The van der Waals surface area contributed by atoms with E-state index in [9.17, 15) is 18.0 Å². The molecule has 0 unspecified atom stereocenters. The molecule has 4 rings (SSSR count). The lowest BCUT2D eigenvalue weighted by molar-refractivity contribution is -0.139. The first-order chi connectivity index (χ1) is 20.0. The second-order valence-electron chi connectivity index (χ2n) is 10.7. The fraction of sp³-hybridized carbons (Fsp3) is 0.375. The molecule has 0 heterocycles. The van der Waals surface area contributed by atoms with Crippen LogP contribution in [0.25, 0.3) is 0 Å². The molecule has 0 radical (unpaired) electrons. The van der Waals surface area contributed by atoms with Gasteiger partial charge in [-0.2, -0.15) is 0 Å². The summed E-state index contributed by atoms with van der Waals surface area (Å²) in [5, 5.41) is 3.77. The highest BCUT2D eigenvalue weighted by molar-refractivity contribution is 7.92. The van der Waals surface area contributed by atoms with E-state index < -0.39 is 28.5 Å². The summed E-state index contributed by atoms with van der Waals surface area (Å²) in [5.41, 5.74) is 2.79. The van der Waals surface area contributed by atoms with E-state index in [-0.39, 0.29) is 23.4 Å². The number of benzene rings is 3. The number of para-hydroxylation sites is 1. The van der Waals surface area contributed by atoms with Crippen LogP contribution in [-0.4, -0.2) is 43.8 Å². The number of halogens is 2. The SMILES string of the molecule is CCc1ccccc1N(CC(=O)N(Cc1ccc(Cl)c(Cl)c1)[C@@H](C)C(=O)NC1CCCC1)S(=O)(=O)c1ccc(C)cc1. The summed E-state index contributed by atoms with van der Waals surface area (Å²) in [4.78, 5) is 29.0. The summed E-state index contributed by atoms with van der Waals surface area (Å²) < 4.78 is 29.3. The standard InChI is InChI=1S/C32H37Cl2N3O4S/c1-4-25-9-5-8-12-30(25)37(42(40,41)27-16-13-22(2)14-17-27)21-31(38)36(20-24-15-18-28(33)29(34)19-24)23(3)32(39)35-26-10-6-7-11-26/h5,8-9,12-19,23,26H,4,6-7,10-11,20-21H2,1-3H3,(H,35,39)/t23-/m0/s1. The van der Waals surface area contributed by atoms with Crippen molar-refractivity contribution in [1.29, 1.82) is 0 Å². The van der Waals surface area contributed by atoms with Gasteiger partial charge in [-0.1, -0.05) is 84.9 Å². The minimum absolute atomic E-state index is 0.0445. The molecule has 1 saturated carbocycles. The zero-order chi connectivity index (χ0) is 30.4. The van der Waals surface area contributed by atoms with Crippen molar-refractivity contribution in [1.82, 2.24) is 10.2 Å². The molecule has 1 aliphatic rings. The monoisotopic (exact) mass is 629 g/mol. The number of aryl methyl sites for hydroxylation is 2. The lowest BCUT2D eigenvalue weighted by Crippen LogP contribution is -2.52. The van der Waals surface area contributed by atoms with Crippen LogP contribution in [0.2, 0.25) is 10.0 Å². The van der Waals surface area contributed by atoms with Crippen LogP contribution in [0.15, 0.2) is 71.6 Å². The Morgan fingerprint density at radius 3 is 2.29 bits per heavy atom. The van der Waals surface area contributed by atoms with Gasteiger partial charge >= 0.3 is 0 Å². The van der Waals surface area contributed by atoms with Crippen LogP contribution >= 0.6 is 23.2 Å². The van der Waals surface area contributed by atoms with Crippen LogP contribution < -0.4 is 9.62 Å². The van der Waals surface area contributed by atoms with Crippen LogP contribution in [-0.2, 0) is 32.6 Å². The highest BCUT2D eigenvalue weighted by atomic mass is 35.5. The summed E-state index contributed by atoms with van der Waals surface area (Å²) in [5.74, 6) is -0.797. The fourth-order valence-electron chi connectivity index (χ4n) is 5.21. The predicted molar refractivity (Wildman–Crippen MR) is 168 cm³/mol. The van der Waals surface area contributed by atoms with Gasteiger partial charge in [-0.25, -0.2) is 8.42 Å². The maximum absolute atomic E-state index is 14.2. The van der Waals surface area contributed by atoms with Gasteiger partial charge in [-0.05, 0) is 74.6 Å².